The zero-order chi connectivity index (χ0) is 17.5. The number of nitrogens with zero attached hydrogens (tertiary/aromatic N) is 3. The summed E-state index contributed by atoms with van der Waals surface area (Å²) in [6.45, 7) is 6.68. The quantitative estimate of drug-likeness (QED) is 0.162. The lowest BCUT2D eigenvalue weighted by molar-refractivity contribution is 0.454. The van der Waals surface area contributed by atoms with Crippen LogP contribution < -0.4 is 10.6 Å². The summed E-state index contributed by atoms with van der Waals surface area (Å²) in [5.41, 5.74) is 0. The van der Waals surface area contributed by atoms with E-state index in [1.165, 1.54) is 19.3 Å². The predicted molar refractivity (Wildman–Crippen MR) is 120 cm³/mol. The average molecular weight is 459 g/mol. The van der Waals surface area contributed by atoms with Crippen LogP contribution in [0.5, 0.6) is 0 Å². The van der Waals surface area contributed by atoms with Gasteiger partial charge in [-0.15, -0.1) is 30.6 Å². The van der Waals surface area contributed by atoms with Gasteiger partial charge in [-0.2, -0.15) is 0 Å². The van der Waals surface area contributed by atoms with Crippen LogP contribution in [0.2, 0.25) is 0 Å². The van der Waals surface area contributed by atoms with Crippen LogP contribution in [-0.4, -0.2) is 49.6 Å². The number of guanidine groups is 1. The smallest absolute Gasteiger partial charge is 0.193 e. The summed E-state index contributed by atoms with van der Waals surface area (Å²) in [5.74, 6) is 1.92. The fourth-order valence-corrected chi connectivity index (χ4v) is 2.44. The number of aliphatic imine (C=N–C) groups is 1. The highest BCUT2D eigenvalue weighted by atomic mass is 127. The third kappa shape index (κ3) is 11.8. The lowest BCUT2D eigenvalue weighted by Crippen LogP contribution is -2.39. The van der Waals surface area contributed by atoms with Crippen molar-refractivity contribution >= 4 is 35.8 Å². The van der Waals surface area contributed by atoms with Gasteiger partial charge in [0.25, 0.3) is 0 Å². The number of hydrogen-bond donors (Lipinski definition) is 2. The highest BCUT2D eigenvalue weighted by Gasteiger charge is 2.04. The van der Waals surface area contributed by atoms with Gasteiger partial charge in [0.1, 0.15) is 5.82 Å². The van der Waals surface area contributed by atoms with E-state index in [1.807, 2.05) is 31.3 Å². The molecule has 0 saturated heterocycles. The molecule has 5 nitrogen and oxygen atoms in total. The largest absolute Gasteiger partial charge is 0.370 e. The molecule has 0 bridgehead atoms. The molecule has 0 spiro atoms. The van der Waals surface area contributed by atoms with Gasteiger partial charge in [0.2, 0.25) is 0 Å². The van der Waals surface area contributed by atoms with E-state index in [9.17, 15) is 0 Å². The third-order valence-corrected chi connectivity index (χ3v) is 3.83. The Balaban J connectivity index is 0.00000576. The number of pyridine rings is 1. The van der Waals surface area contributed by atoms with Gasteiger partial charge in [0.15, 0.2) is 5.96 Å². The standard InChI is InChI=1S/C19H33N5.HI/c1-4-5-6-7-12-17-24(3)19(20-2)23-16-11-10-15-22-18-13-8-9-14-21-18;/h4,8-9,13-14H,1,5-7,10-12,15-17H2,2-3H3,(H,20,23)(H,21,22);1H. The summed E-state index contributed by atoms with van der Waals surface area (Å²) in [6.07, 6.45) is 10.8. The summed E-state index contributed by atoms with van der Waals surface area (Å²) in [4.78, 5) is 10.8. The monoisotopic (exact) mass is 459 g/mol. The van der Waals surface area contributed by atoms with Crippen molar-refractivity contribution in [2.75, 3.05) is 39.0 Å². The molecule has 1 aromatic rings. The summed E-state index contributed by atoms with van der Waals surface area (Å²) in [7, 11) is 3.95. The third-order valence-electron chi connectivity index (χ3n) is 3.83. The van der Waals surface area contributed by atoms with Gasteiger partial charge in [-0.3, -0.25) is 4.99 Å². The van der Waals surface area contributed by atoms with Crippen LogP contribution in [0.4, 0.5) is 5.82 Å². The van der Waals surface area contributed by atoms with E-state index in [4.69, 9.17) is 0 Å². The van der Waals surface area contributed by atoms with Crippen molar-refractivity contribution in [2.45, 2.75) is 38.5 Å². The van der Waals surface area contributed by atoms with Crippen molar-refractivity contribution in [3.63, 3.8) is 0 Å². The zero-order valence-corrected chi connectivity index (χ0v) is 18.0. The number of halogens is 1. The minimum Gasteiger partial charge on any atom is -0.370 e. The molecule has 0 atom stereocenters. The van der Waals surface area contributed by atoms with Gasteiger partial charge in [0.05, 0.1) is 0 Å². The second-order valence-electron chi connectivity index (χ2n) is 5.88. The van der Waals surface area contributed by atoms with Gasteiger partial charge in [-0.25, -0.2) is 4.98 Å². The van der Waals surface area contributed by atoms with E-state index in [1.54, 1.807) is 6.20 Å². The Labute approximate surface area is 170 Å². The van der Waals surface area contributed by atoms with Crippen LogP contribution in [0.15, 0.2) is 42.0 Å². The number of unbranched alkanes of at least 4 members (excludes halogenated alkanes) is 4. The second kappa shape index (κ2) is 16.2. The number of hydrogen-bond acceptors (Lipinski definition) is 3. The van der Waals surface area contributed by atoms with Crippen molar-refractivity contribution in [3.05, 3.63) is 37.1 Å². The molecule has 0 saturated carbocycles. The number of rotatable bonds is 12. The van der Waals surface area contributed by atoms with Gasteiger partial charge in [-0.1, -0.05) is 18.6 Å². The highest BCUT2D eigenvalue weighted by Crippen LogP contribution is 2.02. The molecule has 1 rings (SSSR count). The maximum absolute atomic E-state index is 4.36. The minimum atomic E-state index is 0. The molecule has 1 heterocycles. The van der Waals surface area contributed by atoms with E-state index < -0.39 is 0 Å². The maximum Gasteiger partial charge on any atom is 0.193 e. The average Bonchev–Trinajstić information content (AvgIpc) is 2.61. The van der Waals surface area contributed by atoms with Crippen molar-refractivity contribution in [1.82, 2.24) is 15.2 Å². The fourth-order valence-electron chi connectivity index (χ4n) is 2.44. The molecule has 25 heavy (non-hydrogen) atoms. The Bertz CT molecular complexity index is 464. The van der Waals surface area contributed by atoms with Gasteiger partial charge in [-0.05, 0) is 44.2 Å². The van der Waals surface area contributed by atoms with Crippen LogP contribution in [0.1, 0.15) is 38.5 Å². The Morgan fingerprint density at radius 1 is 1.20 bits per heavy atom. The Hall–Kier alpha value is -1.31. The van der Waals surface area contributed by atoms with Crippen molar-refractivity contribution in [1.29, 1.82) is 0 Å². The van der Waals surface area contributed by atoms with E-state index >= 15 is 0 Å². The lowest BCUT2D eigenvalue weighted by atomic mass is 10.2. The Morgan fingerprint density at radius 3 is 2.68 bits per heavy atom. The summed E-state index contributed by atoms with van der Waals surface area (Å²) in [6, 6.07) is 5.91. The molecule has 0 radical (unpaired) electrons. The van der Waals surface area contributed by atoms with Crippen molar-refractivity contribution in [2.24, 2.45) is 4.99 Å². The number of allylic oxidation sites excluding steroid dienone is 1. The fraction of sp³-hybridized carbons (Fsp3) is 0.579. The number of aromatic nitrogens is 1. The van der Waals surface area contributed by atoms with Crippen LogP contribution in [0.25, 0.3) is 0 Å². The minimum absolute atomic E-state index is 0. The molecule has 0 aliphatic rings. The van der Waals surface area contributed by atoms with Gasteiger partial charge >= 0.3 is 0 Å². The van der Waals surface area contributed by atoms with Crippen molar-refractivity contribution in [3.8, 4) is 0 Å². The molecule has 0 aliphatic carbocycles. The maximum atomic E-state index is 4.36. The van der Waals surface area contributed by atoms with Gasteiger partial charge in [0, 0.05) is 39.9 Å². The molecule has 0 amide bonds. The molecule has 6 heteroatoms. The van der Waals surface area contributed by atoms with Crippen LogP contribution >= 0.6 is 24.0 Å². The SMILES string of the molecule is C=CCCCCCN(C)C(=NC)NCCCCNc1ccccn1.I. The number of nitrogens with one attached hydrogen (secondary N) is 2. The molecule has 0 aromatic carbocycles. The first-order valence-corrected chi connectivity index (χ1v) is 8.95. The molecular weight excluding hydrogens is 425 g/mol. The molecule has 2 N–H and O–H groups in total. The normalized spacial score (nSPS) is 10.7. The Kier molecular flexibility index (Phi) is 15.3. The molecule has 142 valence electrons. The molecular formula is C19H34IN5. The van der Waals surface area contributed by atoms with Crippen LogP contribution in [0.3, 0.4) is 0 Å². The molecule has 0 aliphatic heterocycles. The molecule has 0 fully saturated rings. The number of anilines is 1. The first kappa shape index (κ1) is 23.7. The molecule has 0 unspecified atom stereocenters. The van der Waals surface area contributed by atoms with E-state index in [0.29, 0.717) is 0 Å². The van der Waals surface area contributed by atoms with E-state index in [-0.39, 0.29) is 24.0 Å². The Morgan fingerprint density at radius 2 is 2.00 bits per heavy atom. The zero-order valence-electron chi connectivity index (χ0n) is 15.7. The first-order chi connectivity index (χ1) is 11.8. The summed E-state index contributed by atoms with van der Waals surface area (Å²) < 4.78 is 0. The summed E-state index contributed by atoms with van der Waals surface area (Å²) >= 11 is 0. The summed E-state index contributed by atoms with van der Waals surface area (Å²) in [5, 5.41) is 6.76. The van der Waals surface area contributed by atoms with Crippen LogP contribution in [-0.2, 0) is 0 Å². The molecule has 1 aromatic heterocycles. The lowest BCUT2D eigenvalue weighted by Gasteiger charge is -2.22. The van der Waals surface area contributed by atoms with Crippen molar-refractivity contribution < 1.29 is 0 Å². The van der Waals surface area contributed by atoms with Crippen LogP contribution in [0, 0.1) is 0 Å². The predicted octanol–water partition coefficient (Wildman–Crippen LogP) is 4.15. The highest BCUT2D eigenvalue weighted by molar-refractivity contribution is 14.0. The second-order valence-corrected chi connectivity index (χ2v) is 5.88. The van der Waals surface area contributed by atoms with E-state index in [2.05, 4.69) is 39.1 Å². The van der Waals surface area contributed by atoms with Gasteiger partial charge < -0.3 is 15.5 Å². The first-order valence-electron chi connectivity index (χ1n) is 8.95. The topological polar surface area (TPSA) is 52.5 Å². The van der Waals surface area contributed by atoms with E-state index in [0.717, 1.165) is 50.7 Å².